The molecule has 190 valence electrons. The average molecular weight is 497 g/mol. The molecule has 1 aliphatic rings. The summed E-state index contributed by atoms with van der Waals surface area (Å²) in [6.45, 7) is 12.4. The Morgan fingerprint density at radius 1 is 1.12 bits per heavy atom. The van der Waals surface area contributed by atoms with Crippen LogP contribution in [0.15, 0.2) is 29.2 Å². The Labute approximate surface area is 206 Å². The van der Waals surface area contributed by atoms with E-state index in [1.807, 2.05) is 20.8 Å². The number of hydrogen-bond acceptors (Lipinski definition) is 5. The molecule has 1 aromatic rings. The lowest BCUT2D eigenvalue weighted by atomic mass is 10.1. The molecule has 1 aromatic carbocycles. The maximum atomic E-state index is 13.2. The molecule has 0 saturated carbocycles. The molecule has 1 fully saturated rings. The lowest BCUT2D eigenvalue weighted by Gasteiger charge is -2.44. The van der Waals surface area contributed by atoms with Gasteiger partial charge in [-0.25, -0.2) is 14.0 Å². The molecular weight excluding hydrogens is 459 g/mol. The average Bonchev–Trinajstić information content (AvgIpc) is 2.73. The van der Waals surface area contributed by atoms with Crippen LogP contribution in [-0.2, 0) is 9.53 Å². The quantitative estimate of drug-likeness (QED) is 0.560. The Morgan fingerprint density at radius 2 is 1.71 bits per heavy atom. The van der Waals surface area contributed by atoms with Gasteiger partial charge in [-0.15, -0.1) is 11.8 Å². The van der Waals surface area contributed by atoms with Crippen LogP contribution in [0.3, 0.4) is 0 Å². The maximum absolute atomic E-state index is 13.2. The largest absolute Gasteiger partial charge is 0.444 e. The highest BCUT2D eigenvalue weighted by atomic mass is 32.2. The first kappa shape index (κ1) is 27.8. The van der Waals surface area contributed by atoms with Crippen molar-refractivity contribution in [1.82, 2.24) is 20.4 Å². The first-order chi connectivity index (χ1) is 15.9. The summed E-state index contributed by atoms with van der Waals surface area (Å²) in [7, 11) is 0. The first-order valence-electron chi connectivity index (χ1n) is 11.6. The van der Waals surface area contributed by atoms with E-state index >= 15 is 0 Å². The molecule has 34 heavy (non-hydrogen) atoms. The first-order valence-corrected chi connectivity index (χ1v) is 12.6. The Hall–Kier alpha value is -2.49. The molecule has 0 spiro atoms. The number of urea groups is 1. The fraction of sp³-hybridized carbons (Fsp3) is 0.625. The Balaban J connectivity index is 2.06. The van der Waals surface area contributed by atoms with Crippen LogP contribution in [0.25, 0.3) is 0 Å². The van der Waals surface area contributed by atoms with Crippen molar-refractivity contribution in [2.24, 2.45) is 0 Å². The van der Waals surface area contributed by atoms with Crippen molar-refractivity contribution in [3.05, 3.63) is 30.1 Å². The zero-order chi connectivity index (χ0) is 25.5. The number of thioether (sulfide) groups is 1. The van der Waals surface area contributed by atoms with Crippen LogP contribution in [-0.4, -0.2) is 76.9 Å². The van der Waals surface area contributed by atoms with E-state index in [-0.39, 0.29) is 36.3 Å². The normalized spacial score (nSPS) is 19.4. The molecule has 0 aliphatic carbocycles. The van der Waals surface area contributed by atoms with Gasteiger partial charge in [0.25, 0.3) is 0 Å². The summed E-state index contributed by atoms with van der Waals surface area (Å²) in [4.78, 5) is 42.3. The highest BCUT2D eigenvalue weighted by Gasteiger charge is 2.35. The van der Waals surface area contributed by atoms with Gasteiger partial charge in [-0.2, -0.15) is 0 Å². The molecule has 2 rings (SSSR count). The van der Waals surface area contributed by atoms with E-state index < -0.39 is 17.7 Å². The van der Waals surface area contributed by atoms with Crippen LogP contribution in [0.1, 0.15) is 48.0 Å². The number of carbonyl (C=O) groups excluding carboxylic acids is 3. The van der Waals surface area contributed by atoms with Gasteiger partial charge in [0.1, 0.15) is 11.4 Å². The van der Waals surface area contributed by atoms with E-state index in [9.17, 15) is 18.8 Å². The van der Waals surface area contributed by atoms with Crippen molar-refractivity contribution in [3.63, 3.8) is 0 Å². The van der Waals surface area contributed by atoms with Crippen LogP contribution in [0, 0.1) is 5.82 Å². The third kappa shape index (κ3) is 8.70. The number of benzene rings is 1. The molecule has 4 amide bonds. The molecule has 0 unspecified atom stereocenters. The molecule has 0 bridgehead atoms. The SMILES string of the molecule is CCNC(=O)N1C[C@@H](C)N(C(=O)C[C@@H](CSc2ccc(F)cc2)NC(=O)OC(C)(C)C)C[C@@H]1C. The van der Waals surface area contributed by atoms with Gasteiger partial charge in [0.2, 0.25) is 5.91 Å². The number of carbonyl (C=O) groups is 3. The van der Waals surface area contributed by atoms with E-state index in [2.05, 4.69) is 10.6 Å². The third-order valence-corrected chi connectivity index (χ3v) is 6.48. The zero-order valence-electron chi connectivity index (χ0n) is 20.9. The fourth-order valence-corrected chi connectivity index (χ4v) is 4.61. The minimum atomic E-state index is -0.665. The zero-order valence-corrected chi connectivity index (χ0v) is 21.7. The summed E-state index contributed by atoms with van der Waals surface area (Å²) >= 11 is 1.43. The summed E-state index contributed by atoms with van der Waals surface area (Å²) in [6.07, 6.45) is -0.501. The Morgan fingerprint density at radius 3 is 2.29 bits per heavy atom. The molecule has 1 aliphatic heterocycles. The second-order valence-corrected chi connectivity index (χ2v) is 10.6. The van der Waals surface area contributed by atoms with Crippen molar-refractivity contribution in [2.45, 2.75) is 76.6 Å². The topological polar surface area (TPSA) is 91.0 Å². The van der Waals surface area contributed by atoms with Crippen molar-refractivity contribution in [1.29, 1.82) is 0 Å². The highest BCUT2D eigenvalue weighted by Crippen LogP contribution is 2.22. The van der Waals surface area contributed by atoms with Crippen LogP contribution >= 0.6 is 11.8 Å². The molecule has 0 radical (unpaired) electrons. The monoisotopic (exact) mass is 496 g/mol. The number of nitrogens with one attached hydrogen (secondary N) is 2. The van der Waals surface area contributed by atoms with Crippen molar-refractivity contribution >= 4 is 29.8 Å². The number of amides is 4. The standard InChI is InChI=1S/C24H37FN4O4S/c1-7-26-22(31)29-14-16(2)28(13-17(29)3)21(30)12-19(27-23(32)33-24(4,5)6)15-34-20-10-8-18(25)9-11-20/h8-11,16-17,19H,7,12-15H2,1-6H3,(H,26,31)(H,27,32)/t16-,17+,19+/m1/s1. The van der Waals surface area contributed by atoms with Gasteiger partial charge in [-0.1, -0.05) is 0 Å². The van der Waals surface area contributed by atoms with Gasteiger partial charge in [0.05, 0.1) is 6.04 Å². The number of alkyl carbamates (subject to hydrolysis) is 1. The summed E-state index contributed by atoms with van der Waals surface area (Å²) in [5.41, 5.74) is -0.665. The molecule has 8 nitrogen and oxygen atoms in total. The van der Waals surface area contributed by atoms with Crippen LogP contribution in [0.5, 0.6) is 0 Å². The number of halogens is 1. The van der Waals surface area contributed by atoms with Crippen LogP contribution in [0.2, 0.25) is 0 Å². The van der Waals surface area contributed by atoms with Gasteiger partial charge < -0.3 is 25.2 Å². The van der Waals surface area contributed by atoms with Gasteiger partial charge in [0.15, 0.2) is 0 Å². The van der Waals surface area contributed by atoms with Crippen molar-refractivity contribution in [3.8, 4) is 0 Å². The fourth-order valence-electron chi connectivity index (χ4n) is 3.69. The van der Waals surface area contributed by atoms with Crippen molar-refractivity contribution in [2.75, 3.05) is 25.4 Å². The summed E-state index contributed by atoms with van der Waals surface area (Å²) in [5.74, 6) is -0.00660. The third-order valence-electron chi connectivity index (χ3n) is 5.30. The summed E-state index contributed by atoms with van der Waals surface area (Å²) in [6, 6.07) is 5.18. The van der Waals surface area contributed by atoms with E-state index in [0.717, 1.165) is 4.90 Å². The molecule has 1 saturated heterocycles. The van der Waals surface area contributed by atoms with Crippen LogP contribution < -0.4 is 10.6 Å². The second kappa shape index (κ2) is 12.3. The minimum absolute atomic E-state index is 0.0889. The lowest BCUT2D eigenvalue weighted by Crippen LogP contribution is -2.61. The summed E-state index contributed by atoms with van der Waals surface area (Å²) < 4.78 is 18.6. The molecular formula is C24H37FN4O4S. The molecule has 1 heterocycles. The van der Waals surface area contributed by atoms with E-state index in [1.54, 1.807) is 42.7 Å². The van der Waals surface area contributed by atoms with E-state index in [0.29, 0.717) is 25.4 Å². The van der Waals surface area contributed by atoms with E-state index in [4.69, 9.17) is 4.74 Å². The van der Waals surface area contributed by atoms with Gasteiger partial charge in [0, 0.05) is 48.8 Å². The number of piperazine rings is 1. The van der Waals surface area contributed by atoms with Crippen molar-refractivity contribution < 1.29 is 23.5 Å². The molecule has 3 atom stereocenters. The maximum Gasteiger partial charge on any atom is 0.407 e. The number of nitrogens with zero attached hydrogens (tertiary/aromatic N) is 2. The van der Waals surface area contributed by atoms with Crippen LogP contribution in [0.4, 0.5) is 14.0 Å². The molecule has 0 aromatic heterocycles. The molecule has 2 N–H and O–H groups in total. The van der Waals surface area contributed by atoms with E-state index in [1.165, 1.54) is 23.9 Å². The lowest BCUT2D eigenvalue weighted by molar-refractivity contribution is -0.136. The predicted molar refractivity (Wildman–Crippen MR) is 131 cm³/mol. The minimum Gasteiger partial charge on any atom is -0.444 e. The summed E-state index contributed by atoms with van der Waals surface area (Å²) in [5, 5.41) is 5.63. The Kier molecular flexibility index (Phi) is 10.0. The van der Waals surface area contributed by atoms with Gasteiger partial charge >= 0.3 is 12.1 Å². The predicted octanol–water partition coefficient (Wildman–Crippen LogP) is 3.85. The van der Waals surface area contributed by atoms with Gasteiger partial charge in [-0.3, -0.25) is 4.79 Å². The molecule has 10 heteroatoms. The van der Waals surface area contributed by atoms with Gasteiger partial charge in [-0.05, 0) is 65.8 Å². The second-order valence-electron chi connectivity index (χ2n) is 9.54. The smallest absolute Gasteiger partial charge is 0.407 e. The number of rotatable bonds is 7. The Bertz CT molecular complexity index is 846. The highest BCUT2D eigenvalue weighted by molar-refractivity contribution is 7.99. The number of hydrogen-bond donors (Lipinski definition) is 2. The number of ether oxygens (including phenoxy) is 1.